The van der Waals surface area contributed by atoms with E-state index in [9.17, 15) is 18.0 Å². The van der Waals surface area contributed by atoms with Gasteiger partial charge in [0.25, 0.3) is 5.91 Å². The normalized spacial score (nSPS) is 17.0. The van der Waals surface area contributed by atoms with Gasteiger partial charge in [-0.25, -0.2) is 13.2 Å². The molecule has 0 atom stereocenters. The number of hydrogen-bond donors (Lipinski definition) is 0. The van der Waals surface area contributed by atoms with E-state index in [1.165, 1.54) is 4.90 Å². The van der Waals surface area contributed by atoms with Crippen molar-refractivity contribution >= 4 is 5.91 Å². The topological polar surface area (TPSA) is 23.6 Å². The predicted molar refractivity (Wildman–Crippen MR) is 59.7 cm³/mol. The molecule has 0 N–H and O–H groups in total. The Kier molecular flexibility index (Phi) is 3.56. The maximum atomic E-state index is 13.5. The second kappa shape index (κ2) is 4.97. The minimum Gasteiger partial charge on any atom is -0.336 e. The molecule has 1 aliphatic rings. The molecule has 0 bridgehead atoms. The van der Waals surface area contributed by atoms with Crippen molar-refractivity contribution in [3.05, 3.63) is 35.1 Å². The minimum atomic E-state index is -1.42. The molecule has 0 saturated carbocycles. The Labute approximate surface area is 103 Å². The summed E-state index contributed by atoms with van der Waals surface area (Å²) in [6.45, 7) is 2.02. The fourth-order valence-electron chi connectivity index (χ4n) is 1.89. The van der Waals surface area contributed by atoms with Crippen molar-refractivity contribution in [1.29, 1.82) is 0 Å². The summed E-state index contributed by atoms with van der Waals surface area (Å²) < 4.78 is 39.9. The molecule has 1 fully saturated rings. The van der Waals surface area contributed by atoms with E-state index >= 15 is 0 Å². The van der Waals surface area contributed by atoms with Crippen LogP contribution in [0.25, 0.3) is 0 Å². The van der Waals surface area contributed by atoms with Crippen molar-refractivity contribution in [1.82, 2.24) is 9.80 Å². The van der Waals surface area contributed by atoms with Crippen LogP contribution in [-0.4, -0.2) is 48.9 Å². The maximum Gasteiger partial charge on any atom is 0.260 e. The van der Waals surface area contributed by atoms with Gasteiger partial charge in [0.2, 0.25) is 0 Å². The molecule has 6 heteroatoms. The fourth-order valence-corrected chi connectivity index (χ4v) is 1.89. The van der Waals surface area contributed by atoms with Crippen LogP contribution in [-0.2, 0) is 0 Å². The quantitative estimate of drug-likeness (QED) is 0.713. The molecule has 0 unspecified atom stereocenters. The van der Waals surface area contributed by atoms with Gasteiger partial charge >= 0.3 is 0 Å². The van der Waals surface area contributed by atoms with Crippen LogP contribution in [0.15, 0.2) is 12.1 Å². The van der Waals surface area contributed by atoms with Crippen molar-refractivity contribution in [2.24, 2.45) is 0 Å². The van der Waals surface area contributed by atoms with Gasteiger partial charge in [0.05, 0.1) is 0 Å². The number of likely N-dealkylation sites (N-methyl/N-ethyl adjacent to an activating group) is 1. The zero-order chi connectivity index (χ0) is 13.3. The van der Waals surface area contributed by atoms with Gasteiger partial charge in [0.1, 0.15) is 11.4 Å². The molecule has 3 nitrogen and oxygen atoms in total. The van der Waals surface area contributed by atoms with Gasteiger partial charge in [-0.2, -0.15) is 0 Å². The summed E-state index contributed by atoms with van der Waals surface area (Å²) in [6.07, 6.45) is 0. The molecule has 1 heterocycles. The highest BCUT2D eigenvalue weighted by Gasteiger charge is 2.27. The molecule has 1 amide bonds. The Bertz CT molecular complexity index is 471. The van der Waals surface area contributed by atoms with E-state index in [1.54, 1.807) is 0 Å². The monoisotopic (exact) mass is 258 g/mol. The molecule has 0 aromatic heterocycles. The SMILES string of the molecule is CN1CCN(C(=O)c2c(F)ccc(F)c2F)CC1. The first-order valence-corrected chi connectivity index (χ1v) is 5.62. The van der Waals surface area contributed by atoms with Crippen LogP contribution in [0.2, 0.25) is 0 Å². The molecule has 1 aliphatic heterocycles. The van der Waals surface area contributed by atoms with Gasteiger partial charge in [-0.15, -0.1) is 0 Å². The molecule has 2 rings (SSSR count). The number of hydrogen-bond acceptors (Lipinski definition) is 2. The summed E-state index contributed by atoms with van der Waals surface area (Å²) in [5.41, 5.74) is -0.806. The second-order valence-electron chi connectivity index (χ2n) is 4.31. The lowest BCUT2D eigenvalue weighted by atomic mass is 10.1. The number of nitrogens with zero attached hydrogens (tertiary/aromatic N) is 2. The van der Waals surface area contributed by atoms with Gasteiger partial charge in [-0.1, -0.05) is 0 Å². The highest BCUT2D eigenvalue weighted by Crippen LogP contribution is 2.18. The largest absolute Gasteiger partial charge is 0.336 e. The zero-order valence-electron chi connectivity index (χ0n) is 9.92. The Morgan fingerprint density at radius 2 is 1.61 bits per heavy atom. The Morgan fingerprint density at radius 1 is 1.06 bits per heavy atom. The molecule has 18 heavy (non-hydrogen) atoms. The molecule has 1 aromatic rings. The second-order valence-corrected chi connectivity index (χ2v) is 4.31. The van der Waals surface area contributed by atoms with E-state index in [0.29, 0.717) is 32.2 Å². The van der Waals surface area contributed by atoms with E-state index in [0.717, 1.165) is 6.07 Å². The number of piperazine rings is 1. The lowest BCUT2D eigenvalue weighted by molar-refractivity contribution is 0.0653. The summed E-state index contributed by atoms with van der Waals surface area (Å²) in [6, 6.07) is 1.44. The zero-order valence-corrected chi connectivity index (χ0v) is 9.92. The molecule has 0 aliphatic carbocycles. The Morgan fingerprint density at radius 3 is 2.22 bits per heavy atom. The molecular formula is C12H13F3N2O. The molecule has 98 valence electrons. The summed E-state index contributed by atoms with van der Waals surface area (Å²) in [5, 5.41) is 0. The Hall–Kier alpha value is -1.56. The van der Waals surface area contributed by atoms with Crippen LogP contribution in [0, 0.1) is 17.5 Å². The van der Waals surface area contributed by atoms with E-state index in [4.69, 9.17) is 0 Å². The first-order valence-electron chi connectivity index (χ1n) is 5.62. The number of amides is 1. The van der Waals surface area contributed by atoms with Crippen LogP contribution in [0.1, 0.15) is 10.4 Å². The minimum absolute atomic E-state index is 0.380. The third-order valence-electron chi connectivity index (χ3n) is 3.05. The standard InChI is InChI=1S/C12H13F3N2O/c1-16-4-6-17(7-5-16)12(18)10-8(13)2-3-9(14)11(10)15/h2-3H,4-7H2,1H3. The maximum absolute atomic E-state index is 13.5. The van der Waals surface area contributed by atoms with Crippen LogP contribution in [0.4, 0.5) is 13.2 Å². The van der Waals surface area contributed by atoms with E-state index in [2.05, 4.69) is 0 Å². The summed E-state index contributed by atoms with van der Waals surface area (Å²) in [7, 11) is 1.89. The van der Waals surface area contributed by atoms with Gasteiger partial charge in [-0.3, -0.25) is 4.79 Å². The number of carbonyl (C=O) groups excluding carboxylic acids is 1. The lowest BCUT2D eigenvalue weighted by Gasteiger charge is -2.32. The van der Waals surface area contributed by atoms with Crippen LogP contribution < -0.4 is 0 Å². The predicted octanol–water partition coefficient (Wildman–Crippen LogP) is 1.49. The van der Waals surface area contributed by atoms with Gasteiger partial charge in [0, 0.05) is 26.2 Å². The van der Waals surface area contributed by atoms with Crippen LogP contribution in [0.5, 0.6) is 0 Å². The number of carbonyl (C=O) groups is 1. The summed E-state index contributed by atoms with van der Waals surface area (Å²) >= 11 is 0. The lowest BCUT2D eigenvalue weighted by Crippen LogP contribution is -2.47. The van der Waals surface area contributed by atoms with E-state index < -0.39 is 28.9 Å². The van der Waals surface area contributed by atoms with E-state index in [1.807, 2.05) is 11.9 Å². The average molecular weight is 258 g/mol. The molecule has 1 saturated heterocycles. The van der Waals surface area contributed by atoms with Crippen LogP contribution in [0.3, 0.4) is 0 Å². The number of halogens is 3. The molecule has 0 spiro atoms. The van der Waals surface area contributed by atoms with Crippen LogP contribution >= 0.6 is 0 Å². The summed E-state index contributed by atoms with van der Waals surface area (Å²) in [4.78, 5) is 15.3. The van der Waals surface area contributed by atoms with Crippen molar-refractivity contribution in [2.45, 2.75) is 0 Å². The van der Waals surface area contributed by atoms with Gasteiger partial charge < -0.3 is 9.80 Å². The molecular weight excluding hydrogens is 245 g/mol. The average Bonchev–Trinajstić information content (AvgIpc) is 2.35. The van der Waals surface area contributed by atoms with Crippen molar-refractivity contribution < 1.29 is 18.0 Å². The van der Waals surface area contributed by atoms with Gasteiger partial charge in [0.15, 0.2) is 11.6 Å². The summed E-state index contributed by atoms with van der Waals surface area (Å²) in [5.74, 6) is -4.46. The molecule has 0 radical (unpaired) electrons. The number of rotatable bonds is 1. The van der Waals surface area contributed by atoms with Crippen molar-refractivity contribution in [3.63, 3.8) is 0 Å². The number of benzene rings is 1. The van der Waals surface area contributed by atoms with Crippen molar-refractivity contribution in [2.75, 3.05) is 33.2 Å². The Balaban J connectivity index is 2.26. The van der Waals surface area contributed by atoms with Gasteiger partial charge in [-0.05, 0) is 19.2 Å². The smallest absolute Gasteiger partial charge is 0.260 e. The first-order chi connectivity index (χ1) is 8.50. The fraction of sp³-hybridized carbons (Fsp3) is 0.417. The third-order valence-corrected chi connectivity index (χ3v) is 3.05. The highest BCUT2D eigenvalue weighted by molar-refractivity contribution is 5.94. The highest BCUT2D eigenvalue weighted by atomic mass is 19.2. The first kappa shape index (κ1) is 12.9. The van der Waals surface area contributed by atoms with Crippen molar-refractivity contribution in [3.8, 4) is 0 Å². The van der Waals surface area contributed by atoms with E-state index in [-0.39, 0.29) is 0 Å². The molecule has 1 aromatic carbocycles. The third kappa shape index (κ3) is 2.33.